The van der Waals surface area contributed by atoms with E-state index in [2.05, 4.69) is 4.90 Å². The van der Waals surface area contributed by atoms with Crippen LogP contribution in [-0.4, -0.2) is 43.3 Å². The lowest BCUT2D eigenvalue weighted by Crippen LogP contribution is -2.45. The lowest BCUT2D eigenvalue weighted by atomic mass is 9.93. The predicted octanol–water partition coefficient (Wildman–Crippen LogP) is 1.76. The van der Waals surface area contributed by atoms with Gasteiger partial charge in [-0.3, -0.25) is 4.90 Å². The van der Waals surface area contributed by atoms with Gasteiger partial charge in [0.25, 0.3) is 0 Å². The quantitative estimate of drug-likeness (QED) is 0.776. The maximum atomic E-state index is 5.65. The number of hydrogen-bond donors (Lipinski definition) is 1. The number of hydrogen-bond acceptors (Lipinski definition) is 3. The third-order valence-electron chi connectivity index (χ3n) is 4.04. The summed E-state index contributed by atoms with van der Waals surface area (Å²) in [5.74, 6) is 0. The molecular formula is C13H26N2O. The van der Waals surface area contributed by atoms with Crippen molar-refractivity contribution in [1.82, 2.24) is 4.90 Å². The molecule has 0 aromatic carbocycles. The summed E-state index contributed by atoms with van der Waals surface area (Å²) >= 11 is 0. The van der Waals surface area contributed by atoms with E-state index in [0.717, 1.165) is 32.2 Å². The minimum absolute atomic E-state index is 0.676. The standard InChI is InChI=1S/C13H26N2O/c14-8-4-9-15(13-7-10-16-11-13)12-5-2-1-3-6-12/h12-13H,1-11,14H2. The highest BCUT2D eigenvalue weighted by molar-refractivity contribution is 4.83. The van der Waals surface area contributed by atoms with Crippen molar-refractivity contribution in [2.45, 2.75) is 57.0 Å². The summed E-state index contributed by atoms with van der Waals surface area (Å²) < 4.78 is 5.54. The molecule has 2 fully saturated rings. The van der Waals surface area contributed by atoms with Crippen molar-refractivity contribution in [1.29, 1.82) is 0 Å². The van der Waals surface area contributed by atoms with Crippen molar-refractivity contribution in [3.05, 3.63) is 0 Å². The molecule has 16 heavy (non-hydrogen) atoms. The maximum absolute atomic E-state index is 5.65. The SMILES string of the molecule is NCCCN(C1CCCCC1)C1CCOC1. The summed E-state index contributed by atoms with van der Waals surface area (Å²) in [6, 6.07) is 1.49. The van der Waals surface area contributed by atoms with E-state index in [-0.39, 0.29) is 0 Å². The van der Waals surface area contributed by atoms with Crippen LogP contribution in [0.15, 0.2) is 0 Å². The van der Waals surface area contributed by atoms with Crippen molar-refractivity contribution in [3.63, 3.8) is 0 Å². The van der Waals surface area contributed by atoms with E-state index in [1.165, 1.54) is 45.1 Å². The summed E-state index contributed by atoms with van der Waals surface area (Å²) in [7, 11) is 0. The molecule has 0 aromatic heterocycles. The molecule has 0 spiro atoms. The molecule has 0 aromatic rings. The Morgan fingerprint density at radius 1 is 1.06 bits per heavy atom. The summed E-state index contributed by atoms with van der Waals surface area (Å²) in [6.07, 6.45) is 9.40. The molecule has 2 aliphatic rings. The van der Waals surface area contributed by atoms with E-state index in [1.54, 1.807) is 0 Å². The Morgan fingerprint density at radius 2 is 1.88 bits per heavy atom. The minimum Gasteiger partial charge on any atom is -0.380 e. The lowest BCUT2D eigenvalue weighted by molar-refractivity contribution is 0.0872. The number of nitrogens with zero attached hydrogens (tertiary/aromatic N) is 1. The lowest BCUT2D eigenvalue weighted by Gasteiger charge is -2.38. The Labute approximate surface area is 99.3 Å². The van der Waals surface area contributed by atoms with Crippen LogP contribution in [-0.2, 0) is 4.74 Å². The van der Waals surface area contributed by atoms with E-state index in [0.29, 0.717) is 6.04 Å². The normalized spacial score (nSPS) is 27.8. The zero-order valence-electron chi connectivity index (χ0n) is 10.4. The maximum Gasteiger partial charge on any atom is 0.0622 e. The molecule has 0 amide bonds. The van der Waals surface area contributed by atoms with E-state index >= 15 is 0 Å². The smallest absolute Gasteiger partial charge is 0.0622 e. The molecule has 1 atom stereocenters. The number of ether oxygens (including phenoxy) is 1. The van der Waals surface area contributed by atoms with Gasteiger partial charge in [-0.2, -0.15) is 0 Å². The van der Waals surface area contributed by atoms with Gasteiger partial charge in [-0.25, -0.2) is 0 Å². The molecular weight excluding hydrogens is 200 g/mol. The van der Waals surface area contributed by atoms with Crippen molar-refractivity contribution in [2.24, 2.45) is 5.73 Å². The monoisotopic (exact) mass is 226 g/mol. The molecule has 2 rings (SSSR count). The third-order valence-corrected chi connectivity index (χ3v) is 4.04. The topological polar surface area (TPSA) is 38.5 Å². The first-order chi connectivity index (χ1) is 7.92. The fourth-order valence-electron chi connectivity index (χ4n) is 3.13. The highest BCUT2D eigenvalue weighted by atomic mass is 16.5. The first kappa shape index (κ1) is 12.3. The summed E-state index contributed by atoms with van der Waals surface area (Å²) in [4.78, 5) is 2.71. The predicted molar refractivity (Wildman–Crippen MR) is 66.5 cm³/mol. The van der Waals surface area contributed by atoms with Gasteiger partial charge in [-0.05, 0) is 32.2 Å². The van der Waals surface area contributed by atoms with Crippen LogP contribution in [0.5, 0.6) is 0 Å². The van der Waals surface area contributed by atoms with Gasteiger partial charge in [0.2, 0.25) is 0 Å². The molecule has 1 unspecified atom stereocenters. The van der Waals surface area contributed by atoms with Gasteiger partial charge in [-0.1, -0.05) is 19.3 Å². The Morgan fingerprint density at radius 3 is 2.50 bits per heavy atom. The van der Waals surface area contributed by atoms with E-state index < -0.39 is 0 Å². The van der Waals surface area contributed by atoms with Crippen LogP contribution in [0.2, 0.25) is 0 Å². The third kappa shape index (κ3) is 3.19. The van der Waals surface area contributed by atoms with Gasteiger partial charge in [0.15, 0.2) is 0 Å². The zero-order valence-corrected chi connectivity index (χ0v) is 10.4. The molecule has 3 heteroatoms. The summed E-state index contributed by atoms with van der Waals surface area (Å²) in [5.41, 5.74) is 5.65. The fraction of sp³-hybridized carbons (Fsp3) is 1.00. The molecule has 94 valence electrons. The average molecular weight is 226 g/mol. The Balaban J connectivity index is 1.89. The van der Waals surface area contributed by atoms with Gasteiger partial charge < -0.3 is 10.5 Å². The number of nitrogens with two attached hydrogens (primary N) is 1. The number of rotatable bonds is 5. The van der Waals surface area contributed by atoms with Crippen LogP contribution in [0.25, 0.3) is 0 Å². The molecule has 1 heterocycles. The van der Waals surface area contributed by atoms with Gasteiger partial charge >= 0.3 is 0 Å². The Bertz CT molecular complexity index is 186. The largest absolute Gasteiger partial charge is 0.380 e. The van der Waals surface area contributed by atoms with E-state index in [4.69, 9.17) is 10.5 Å². The van der Waals surface area contributed by atoms with Crippen molar-refractivity contribution in [3.8, 4) is 0 Å². The second kappa shape index (κ2) is 6.58. The first-order valence-electron chi connectivity index (χ1n) is 6.95. The van der Waals surface area contributed by atoms with E-state index in [1.807, 2.05) is 0 Å². The molecule has 1 saturated carbocycles. The summed E-state index contributed by atoms with van der Waals surface area (Å²) in [6.45, 7) is 3.89. The first-order valence-corrected chi connectivity index (χ1v) is 6.95. The molecule has 2 N–H and O–H groups in total. The van der Waals surface area contributed by atoms with Crippen molar-refractivity contribution < 1.29 is 4.74 Å². The summed E-state index contributed by atoms with van der Waals surface area (Å²) in [5, 5.41) is 0. The Hall–Kier alpha value is -0.120. The second-order valence-corrected chi connectivity index (χ2v) is 5.19. The minimum atomic E-state index is 0.676. The Kier molecular flexibility index (Phi) is 5.07. The van der Waals surface area contributed by atoms with Gasteiger partial charge in [0.05, 0.1) is 6.61 Å². The zero-order chi connectivity index (χ0) is 11.2. The molecule has 1 aliphatic carbocycles. The van der Waals surface area contributed by atoms with Crippen LogP contribution in [0.1, 0.15) is 44.9 Å². The molecule has 0 bridgehead atoms. The highest BCUT2D eigenvalue weighted by Crippen LogP contribution is 2.26. The molecule has 3 nitrogen and oxygen atoms in total. The highest BCUT2D eigenvalue weighted by Gasteiger charge is 2.29. The van der Waals surface area contributed by atoms with Gasteiger partial charge in [-0.15, -0.1) is 0 Å². The van der Waals surface area contributed by atoms with E-state index in [9.17, 15) is 0 Å². The molecule has 0 radical (unpaired) electrons. The van der Waals surface area contributed by atoms with Gasteiger partial charge in [0, 0.05) is 25.2 Å². The molecule has 1 saturated heterocycles. The van der Waals surface area contributed by atoms with Crippen LogP contribution in [0.3, 0.4) is 0 Å². The van der Waals surface area contributed by atoms with Crippen molar-refractivity contribution in [2.75, 3.05) is 26.3 Å². The van der Waals surface area contributed by atoms with Gasteiger partial charge in [0.1, 0.15) is 0 Å². The van der Waals surface area contributed by atoms with Crippen LogP contribution in [0.4, 0.5) is 0 Å². The molecule has 1 aliphatic heterocycles. The second-order valence-electron chi connectivity index (χ2n) is 5.19. The van der Waals surface area contributed by atoms with Crippen LogP contribution < -0.4 is 5.73 Å². The fourth-order valence-corrected chi connectivity index (χ4v) is 3.13. The van der Waals surface area contributed by atoms with Crippen molar-refractivity contribution >= 4 is 0 Å². The average Bonchev–Trinajstić information content (AvgIpc) is 2.85. The van der Waals surface area contributed by atoms with Crippen LogP contribution >= 0.6 is 0 Å². The van der Waals surface area contributed by atoms with Crippen LogP contribution in [0, 0.1) is 0 Å².